The number of sulfone groups is 1. The molecule has 8 heteroatoms. The lowest BCUT2D eigenvalue weighted by Gasteiger charge is -2.41. The number of amides is 2. The second-order valence-electron chi connectivity index (χ2n) is 8.31. The zero-order chi connectivity index (χ0) is 22.0. The Balaban J connectivity index is 2.53. The van der Waals surface area contributed by atoms with Crippen molar-refractivity contribution < 1.29 is 18.0 Å². The average Bonchev–Trinajstić information content (AvgIpc) is 3.14. The molecule has 1 saturated heterocycles. The molecule has 0 radical (unpaired) electrons. The van der Waals surface area contributed by atoms with Gasteiger partial charge < -0.3 is 16.4 Å². The Morgan fingerprint density at radius 2 is 1.83 bits per heavy atom. The summed E-state index contributed by atoms with van der Waals surface area (Å²) in [6, 6.07) is 7.91. The minimum absolute atomic E-state index is 0.122. The van der Waals surface area contributed by atoms with E-state index in [0.29, 0.717) is 31.4 Å². The van der Waals surface area contributed by atoms with Gasteiger partial charge in [0.05, 0.1) is 12.0 Å². The van der Waals surface area contributed by atoms with Gasteiger partial charge in [0.25, 0.3) is 0 Å². The van der Waals surface area contributed by atoms with Gasteiger partial charge in [-0.3, -0.25) is 9.59 Å². The number of benzene rings is 1. The van der Waals surface area contributed by atoms with Gasteiger partial charge in [-0.05, 0) is 30.7 Å². The first kappa shape index (κ1) is 23.3. The molecule has 0 aromatic heterocycles. The molecule has 0 spiro atoms. The molecule has 2 rings (SSSR count). The Bertz CT molecular complexity index is 841. The lowest BCUT2D eigenvalue weighted by molar-refractivity contribution is -0.144. The van der Waals surface area contributed by atoms with E-state index in [-0.39, 0.29) is 11.8 Å². The summed E-state index contributed by atoms with van der Waals surface area (Å²) < 4.78 is 25.7. The Kier molecular flexibility index (Phi) is 7.11. The summed E-state index contributed by atoms with van der Waals surface area (Å²) in [5, 5.41) is 0. The molecule has 2 unspecified atom stereocenters. The predicted octanol–water partition coefficient (Wildman–Crippen LogP) is 1.62. The number of nitrogens with two attached hydrogens (primary N) is 2. The second-order valence-corrected chi connectivity index (χ2v) is 10.5. The van der Waals surface area contributed by atoms with Gasteiger partial charge in [-0.25, -0.2) is 8.42 Å². The quantitative estimate of drug-likeness (QED) is 0.657. The molecule has 1 aromatic rings. The van der Waals surface area contributed by atoms with Gasteiger partial charge in [0.1, 0.15) is 0 Å². The number of rotatable bonds is 8. The van der Waals surface area contributed by atoms with Crippen LogP contribution in [0.5, 0.6) is 0 Å². The number of carbonyl (C=O) groups is 2. The van der Waals surface area contributed by atoms with E-state index in [0.717, 1.165) is 6.26 Å². The second kappa shape index (κ2) is 8.83. The van der Waals surface area contributed by atoms with Crippen LogP contribution in [0.25, 0.3) is 0 Å². The predicted molar refractivity (Wildman–Crippen MR) is 113 cm³/mol. The first-order valence-electron chi connectivity index (χ1n) is 10.1. The van der Waals surface area contributed by atoms with Crippen molar-refractivity contribution in [2.24, 2.45) is 29.2 Å². The summed E-state index contributed by atoms with van der Waals surface area (Å²) in [4.78, 5) is 25.4. The highest BCUT2D eigenvalue weighted by Gasteiger charge is 2.52. The van der Waals surface area contributed by atoms with Gasteiger partial charge >= 0.3 is 0 Å². The van der Waals surface area contributed by atoms with E-state index >= 15 is 0 Å². The molecule has 1 aliphatic rings. The van der Waals surface area contributed by atoms with E-state index in [1.165, 1.54) is 0 Å². The summed E-state index contributed by atoms with van der Waals surface area (Å²) in [5.41, 5.74) is 12.6. The summed E-state index contributed by atoms with van der Waals surface area (Å²) >= 11 is 0. The van der Waals surface area contributed by atoms with Crippen molar-refractivity contribution in [3.63, 3.8) is 0 Å². The zero-order valence-electron chi connectivity index (χ0n) is 17.7. The van der Waals surface area contributed by atoms with E-state index < -0.39 is 38.5 Å². The zero-order valence-corrected chi connectivity index (χ0v) is 18.5. The fourth-order valence-electron chi connectivity index (χ4n) is 4.57. The summed E-state index contributed by atoms with van der Waals surface area (Å²) in [5.74, 6) is -2.10. The first-order valence-corrected chi connectivity index (χ1v) is 12.0. The van der Waals surface area contributed by atoms with E-state index in [1.807, 2.05) is 20.8 Å². The molecular weight excluding hydrogens is 390 g/mol. The molecule has 0 bridgehead atoms. The minimum Gasteiger partial charge on any atom is -0.369 e. The van der Waals surface area contributed by atoms with Gasteiger partial charge in [-0.2, -0.15) is 0 Å². The third kappa shape index (κ3) is 4.33. The smallest absolute Gasteiger partial charge is 0.227 e. The molecule has 29 heavy (non-hydrogen) atoms. The van der Waals surface area contributed by atoms with Crippen LogP contribution in [0.2, 0.25) is 0 Å². The molecule has 1 aromatic carbocycles. The fourth-order valence-corrected chi connectivity index (χ4v) is 5.88. The van der Waals surface area contributed by atoms with Crippen LogP contribution >= 0.6 is 0 Å². The Labute approximate surface area is 173 Å². The van der Waals surface area contributed by atoms with Crippen molar-refractivity contribution in [2.75, 3.05) is 12.8 Å². The van der Waals surface area contributed by atoms with Crippen LogP contribution in [0.3, 0.4) is 0 Å². The van der Waals surface area contributed by atoms with E-state index in [2.05, 4.69) is 0 Å². The Morgan fingerprint density at radius 3 is 2.28 bits per heavy atom. The largest absolute Gasteiger partial charge is 0.369 e. The number of hydrogen-bond donors (Lipinski definition) is 2. The lowest BCUT2D eigenvalue weighted by atomic mass is 9.80. The molecule has 1 heterocycles. The summed E-state index contributed by atoms with van der Waals surface area (Å²) in [7, 11) is -3.76. The maximum atomic E-state index is 13.6. The Hall–Kier alpha value is -1.93. The maximum absolute atomic E-state index is 13.6. The number of nitrogens with zero attached hydrogens (tertiary/aromatic N) is 1. The number of likely N-dealkylation sites (tertiary alicyclic amines) is 1. The van der Waals surface area contributed by atoms with Gasteiger partial charge in [-0.1, -0.05) is 51.1 Å². The van der Waals surface area contributed by atoms with Crippen molar-refractivity contribution in [3.8, 4) is 0 Å². The highest BCUT2D eigenvalue weighted by atomic mass is 32.2. The van der Waals surface area contributed by atoms with Crippen LogP contribution < -0.4 is 11.5 Å². The maximum Gasteiger partial charge on any atom is 0.227 e. The average molecular weight is 424 g/mol. The number of hydrogen-bond acceptors (Lipinski definition) is 5. The molecule has 1 aliphatic heterocycles. The normalized spacial score (nSPS) is 21.6. The third-order valence-electron chi connectivity index (χ3n) is 6.11. The van der Waals surface area contributed by atoms with Crippen LogP contribution in [0, 0.1) is 17.8 Å². The molecule has 0 saturated carbocycles. The molecule has 162 valence electrons. The van der Waals surface area contributed by atoms with Crippen molar-refractivity contribution >= 4 is 21.7 Å². The van der Waals surface area contributed by atoms with Crippen molar-refractivity contribution in [1.82, 2.24) is 4.90 Å². The number of primary amides is 1. The van der Waals surface area contributed by atoms with E-state index in [1.54, 1.807) is 35.2 Å². The van der Waals surface area contributed by atoms with Crippen LogP contribution in [0.4, 0.5) is 0 Å². The molecular formula is C21H33N3O4S. The van der Waals surface area contributed by atoms with Crippen LogP contribution in [-0.2, 0) is 24.3 Å². The minimum atomic E-state index is -3.76. The first-order chi connectivity index (χ1) is 13.5. The highest BCUT2D eigenvalue weighted by molar-refractivity contribution is 7.91. The third-order valence-corrected chi connectivity index (χ3v) is 7.85. The Morgan fingerprint density at radius 1 is 1.24 bits per heavy atom. The fraction of sp³-hybridized carbons (Fsp3) is 0.619. The van der Waals surface area contributed by atoms with Gasteiger partial charge in [-0.15, -0.1) is 0 Å². The van der Waals surface area contributed by atoms with Gasteiger partial charge in [0.15, 0.2) is 14.7 Å². The topological polar surface area (TPSA) is 124 Å². The molecule has 4 atom stereocenters. The van der Waals surface area contributed by atoms with Crippen LogP contribution in [0.1, 0.15) is 45.6 Å². The van der Waals surface area contributed by atoms with Crippen molar-refractivity contribution in [1.29, 1.82) is 0 Å². The van der Waals surface area contributed by atoms with E-state index in [9.17, 15) is 18.0 Å². The molecule has 4 N–H and O–H groups in total. The number of carbonyl (C=O) groups excluding carboxylic acids is 2. The van der Waals surface area contributed by atoms with Crippen molar-refractivity contribution in [2.45, 2.75) is 50.9 Å². The van der Waals surface area contributed by atoms with Crippen LogP contribution in [0.15, 0.2) is 30.3 Å². The molecule has 7 nitrogen and oxygen atoms in total. The van der Waals surface area contributed by atoms with E-state index in [4.69, 9.17) is 11.5 Å². The SMILES string of the molecule is CCC(C(N)=O)[C@@H](C(=O)N1CCCC1[C@](N)(c1ccccc1)S(C)(=O)=O)C(C)C. The van der Waals surface area contributed by atoms with Gasteiger partial charge in [0.2, 0.25) is 11.8 Å². The van der Waals surface area contributed by atoms with Crippen molar-refractivity contribution in [3.05, 3.63) is 35.9 Å². The molecule has 0 aliphatic carbocycles. The standard InChI is InChI=1S/C21H33N3O4S/c1-5-16(19(22)25)18(14(2)3)20(26)24-13-9-12-17(24)21(23,29(4,27)28)15-10-7-6-8-11-15/h6-8,10-11,14,16-18H,5,9,12-13,23H2,1-4H3,(H2,22,25)/t16?,17?,18-,21-/m0/s1. The lowest BCUT2D eigenvalue weighted by Crippen LogP contribution is -2.60. The van der Waals surface area contributed by atoms with Crippen LogP contribution in [-0.4, -0.2) is 44.0 Å². The molecule has 1 fully saturated rings. The monoisotopic (exact) mass is 423 g/mol. The molecule has 2 amide bonds. The summed E-state index contributed by atoms with van der Waals surface area (Å²) in [6.07, 6.45) is 2.68. The highest BCUT2D eigenvalue weighted by Crippen LogP contribution is 2.39. The van der Waals surface area contributed by atoms with Gasteiger partial charge in [0, 0.05) is 18.7 Å². The summed E-state index contributed by atoms with van der Waals surface area (Å²) in [6.45, 7) is 5.99.